The Kier molecular flexibility index (Phi) is 5.17. The van der Waals surface area contributed by atoms with Crippen molar-refractivity contribution in [2.45, 2.75) is 45.7 Å². The van der Waals surface area contributed by atoms with Crippen LogP contribution in [0.5, 0.6) is 0 Å². The molecule has 6 heteroatoms. The number of carbonyl (C=O) groups excluding carboxylic acids is 1. The molecule has 0 aromatic carbocycles. The van der Waals surface area contributed by atoms with Crippen molar-refractivity contribution in [3.05, 3.63) is 0 Å². The minimum absolute atomic E-state index is 0.168. The first-order valence-electron chi connectivity index (χ1n) is 6.71. The predicted octanol–water partition coefficient (Wildman–Crippen LogP) is 1.31. The van der Waals surface area contributed by atoms with Crippen LogP contribution in [0.2, 0.25) is 0 Å². The summed E-state index contributed by atoms with van der Waals surface area (Å²) in [6.45, 7) is 8.64. The van der Waals surface area contributed by atoms with Gasteiger partial charge in [-0.05, 0) is 27.2 Å². The topological polar surface area (TPSA) is 78.9 Å². The molecule has 0 bridgehead atoms. The number of hydrogen-bond acceptors (Lipinski definition) is 3. The van der Waals surface area contributed by atoms with Crippen LogP contribution in [0.1, 0.15) is 34.1 Å². The number of likely N-dealkylation sites (N-methyl/N-ethyl adjacent to an activating group) is 1. The van der Waals surface area contributed by atoms with Crippen molar-refractivity contribution in [1.82, 2.24) is 10.2 Å². The van der Waals surface area contributed by atoms with E-state index in [1.165, 1.54) is 0 Å². The smallest absolute Gasteiger partial charge is 0.318 e. The molecule has 2 amide bonds. The van der Waals surface area contributed by atoms with Gasteiger partial charge in [0.2, 0.25) is 0 Å². The number of nitrogens with one attached hydrogen (secondary N) is 1. The van der Waals surface area contributed by atoms with Crippen molar-refractivity contribution in [2.75, 3.05) is 19.8 Å². The average Bonchev–Trinajstić information content (AvgIpc) is 2.78. The maximum atomic E-state index is 12.3. The first-order valence-corrected chi connectivity index (χ1v) is 6.71. The van der Waals surface area contributed by atoms with Gasteiger partial charge in [-0.25, -0.2) is 4.79 Å². The number of aliphatic carboxylic acids is 1. The van der Waals surface area contributed by atoms with Gasteiger partial charge in [0.05, 0.1) is 19.3 Å². The molecule has 1 heterocycles. The third-order valence-electron chi connectivity index (χ3n) is 3.70. The largest absolute Gasteiger partial charge is 0.481 e. The molecule has 1 aliphatic rings. The lowest BCUT2D eigenvalue weighted by atomic mass is 10.0. The number of carboxylic acid groups (broad SMARTS) is 1. The van der Waals surface area contributed by atoms with Crippen LogP contribution in [-0.2, 0) is 9.53 Å². The lowest BCUT2D eigenvalue weighted by Gasteiger charge is -2.33. The van der Waals surface area contributed by atoms with Crippen molar-refractivity contribution >= 4 is 12.0 Å². The summed E-state index contributed by atoms with van der Waals surface area (Å²) in [6.07, 6.45) is 0.805. The van der Waals surface area contributed by atoms with Crippen LogP contribution in [-0.4, -0.2) is 53.3 Å². The Labute approximate surface area is 114 Å². The number of amides is 2. The van der Waals surface area contributed by atoms with Crippen LogP contribution in [0, 0.1) is 5.92 Å². The molecule has 0 saturated carbocycles. The molecular weight excluding hydrogens is 248 g/mol. The molecule has 2 unspecified atom stereocenters. The van der Waals surface area contributed by atoms with Gasteiger partial charge in [0.1, 0.15) is 5.92 Å². The SMILES string of the molecule is CCN(C(=O)NC(C)(C)CC)C1COCC1C(=O)O. The fourth-order valence-corrected chi connectivity index (χ4v) is 2.06. The lowest BCUT2D eigenvalue weighted by molar-refractivity contribution is -0.142. The molecule has 2 atom stereocenters. The van der Waals surface area contributed by atoms with Crippen molar-refractivity contribution in [1.29, 1.82) is 0 Å². The Morgan fingerprint density at radius 3 is 2.47 bits per heavy atom. The zero-order valence-electron chi connectivity index (χ0n) is 12.1. The third kappa shape index (κ3) is 3.83. The van der Waals surface area contributed by atoms with Gasteiger partial charge in [0.15, 0.2) is 0 Å². The molecule has 0 spiro atoms. The first-order chi connectivity index (χ1) is 8.82. The Balaban J connectivity index is 2.77. The maximum absolute atomic E-state index is 12.3. The summed E-state index contributed by atoms with van der Waals surface area (Å²) in [7, 11) is 0. The Morgan fingerprint density at radius 2 is 2.00 bits per heavy atom. The first kappa shape index (κ1) is 15.8. The van der Waals surface area contributed by atoms with Crippen LogP contribution in [0.3, 0.4) is 0 Å². The van der Waals surface area contributed by atoms with E-state index in [9.17, 15) is 9.59 Å². The number of carboxylic acids is 1. The standard InChI is InChI=1S/C13H24N2O4/c1-5-13(3,4)14-12(18)15(6-2)10-8-19-7-9(10)11(16)17/h9-10H,5-8H2,1-4H3,(H,14,18)(H,16,17). The molecule has 6 nitrogen and oxygen atoms in total. The van der Waals surface area contributed by atoms with E-state index < -0.39 is 17.9 Å². The zero-order chi connectivity index (χ0) is 14.6. The highest BCUT2D eigenvalue weighted by Gasteiger charge is 2.40. The van der Waals surface area contributed by atoms with Gasteiger partial charge >= 0.3 is 12.0 Å². The van der Waals surface area contributed by atoms with E-state index >= 15 is 0 Å². The Hall–Kier alpha value is -1.30. The second-order valence-corrected chi connectivity index (χ2v) is 5.50. The van der Waals surface area contributed by atoms with Gasteiger partial charge in [-0.2, -0.15) is 0 Å². The minimum Gasteiger partial charge on any atom is -0.481 e. The van der Waals surface area contributed by atoms with Gasteiger partial charge in [0, 0.05) is 12.1 Å². The highest BCUT2D eigenvalue weighted by molar-refractivity contribution is 5.77. The molecular formula is C13H24N2O4. The number of urea groups is 1. The lowest BCUT2D eigenvalue weighted by Crippen LogP contribution is -2.55. The second kappa shape index (κ2) is 6.23. The quantitative estimate of drug-likeness (QED) is 0.791. The Bertz CT molecular complexity index is 344. The third-order valence-corrected chi connectivity index (χ3v) is 3.70. The number of nitrogens with zero attached hydrogens (tertiary/aromatic N) is 1. The molecule has 0 radical (unpaired) electrons. The van der Waals surface area contributed by atoms with Crippen molar-refractivity contribution in [2.24, 2.45) is 5.92 Å². The summed E-state index contributed by atoms with van der Waals surface area (Å²) >= 11 is 0. The summed E-state index contributed by atoms with van der Waals surface area (Å²) in [5, 5.41) is 12.1. The van der Waals surface area contributed by atoms with E-state index in [1.54, 1.807) is 4.90 Å². The van der Waals surface area contributed by atoms with Gasteiger partial charge in [0.25, 0.3) is 0 Å². The van der Waals surface area contributed by atoms with Crippen LogP contribution in [0.4, 0.5) is 4.79 Å². The monoisotopic (exact) mass is 272 g/mol. The number of ether oxygens (including phenoxy) is 1. The van der Waals surface area contributed by atoms with E-state index in [1.807, 2.05) is 27.7 Å². The van der Waals surface area contributed by atoms with Crippen LogP contribution < -0.4 is 5.32 Å². The van der Waals surface area contributed by atoms with Gasteiger partial charge in [-0.3, -0.25) is 4.79 Å². The molecule has 110 valence electrons. The molecule has 0 aromatic rings. The van der Waals surface area contributed by atoms with Crippen LogP contribution in [0.15, 0.2) is 0 Å². The van der Waals surface area contributed by atoms with E-state index in [0.717, 1.165) is 6.42 Å². The highest BCUT2D eigenvalue weighted by Crippen LogP contribution is 2.21. The Morgan fingerprint density at radius 1 is 1.37 bits per heavy atom. The van der Waals surface area contributed by atoms with Gasteiger partial charge in [-0.15, -0.1) is 0 Å². The fraction of sp³-hybridized carbons (Fsp3) is 0.846. The molecule has 1 saturated heterocycles. The van der Waals surface area contributed by atoms with E-state index in [0.29, 0.717) is 6.54 Å². The van der Waals surface area contributed by atoms with Gasteiger partial charge < -0.3 is 20.1 Å². The number of hydrogen-bond donors (Lipinski definition) is 2. The summed E-state index contributed by atoms with van der Waals surface area (Å²) in [5.41, 5.74) is -0.303. The molecule has 2 N–H and O–H groups in total. The van der Waals surface area contributed by atoms with Crippen molar-refractivity contribution in [3.63, 3.8) is 0 Å². The van der Waals surface area contributed by atoms with E-state index in [-0.39, 0.29) is 24.8 Å². The molecule has 1 fully saturated rings. The van der Waals surface area contributed by atoms with E-state index in [4.69, 9.17) is 9.84 Å². The predicted molar refractivity (Wildman–Crippen MR) is 71.0 cm³/mol. The van der Waals surface area contributed by atoms with E-state index in [2.05, 4.69) is 5.32 Å². The van der Waals surface area contributed by atoms with Crippen molar-refractivity contribution in [3.8, 4) is 0 Å². The summed E-state index contributed by atoms with van der Waals surface area (Å²) in [4.78, 5) is 25.0. The minimum atomic E-state index is -0.913. The molecule has 0 aromatic heterocycles. The normalized spacial score (nSPS) is 23.2. The summed E-state index contributed by atoms with van der Waals surface area (Å²) < 4.78 is 5.22. The molecule has 1 aliphatic heterocycles. The molecule has 19 heavy (non-hydrogen) atoms. The maximum Gasteiger partial charge on any atom is 0.318 e. The number of carbonyl (C=O) groups is 2. The van der Waals surface area contributed by atoms with Crippen LogP contribution >= 0.6 is 0 Å². The summed E-state index contributed by atoms with van der Waals surface area (Å²) in [6, 6.07) is -0.619. The highest BCUT2D eigenvalue weighted by atomic mass is 16.5. The zero-order valence-corrected chi connectivity index (χ0v) is 12.1. The second-order valence-electron chi connectivity index (χ2n) is 5.50. The summed E-state index contributed by atoms with van der Waals surface area (Å²) in [5.74, 6) is -1.56. The average molecular weight is 272 g/mol. The molecule has 0 aliphatic carbocycles. The molecule has 1 rings (SSSR count). The van der Waals surface area contributed by atoms with Crippen LogP contribution in [0.25, 0.3) is 0 Å². The fourth-order valence-electron chi connectivity index (χ4n) is 2.06. The number of rotatable bonds is 5. The van der Waals surface area contributed by atoms with Gasteiger partial charge in [-0.1, -0.05) is 6.92 Å². The van der Waals surface area contributed by atoms with Crippen molar-refractivity contribution < 1.29 is 19.4 Å².